The van der Waals surface area contributed by atoms with Crippen LogP contribution in [0.25, 0.3) is 11.3 Å². The van der Waals surface area contributed by atoms with Gasteiger partial charge in [-0.25, -0.2) is 0 Å². The van der Waals surface area contributed by atoms with Crippen molar-refractivity contribution in [2.75, 3.05) is 0 Å². The number of rotatable bonds is 1. The van der Waals surface area contributed by atoms with Crippen LogP contribution in [0.1, 0.15) is 11.4 Å². The van der Waals surface area contributed by atoms with E-state index in [0.29, 0.717) is 0 Å². The van der Waals surface area contributed by atoms with Crippen molar-refractivity contribution in [3.05, 3.63) is 29.8 Å². The molecule has 3 nitrogen and oxygen atoms in total. The zero-order valence-electron chi connectivity index (χ0n) is 7.09. The van der Waals surface area contributed by atoms with Crippen LogP contribution >= 0.6 is 0 Å². The smallest absolute Gasteiger partial charge is 0.137 e. The lowest BCUT2D eigenvalue weighted by Crippen LogP contribution is -1.77. The number of hydrogen-bond donors (Lipinski definition) is 1. The summed E-state index contributed by atoms with van der Waals surface area (Å²) in [7, 11) is 0. The lowest BCUT2D eigenvalue weighted by atomic mass is 10.1. The van der Waals surface area contributed by atoms with Gasteiger partial charge >= 0.3 is 0 Å². The zero-order chi connectivity index (χ0) is 8.55. The molecule has 0 aliphatic carbocycles. The molecule has 0 spiro atoms. The molecule has 0 aromatic carbocycles. The molecule has 0 aliphatic rings. The molecule has 12 heavy (non-hydrogen) atoms. The average Bonchev–Trinajstić information content (AvgIpc) is 2.61. The molecule has 0 radical (unpaired) electrons. The van der Waals surface area contributed by atoms with Gasteiger partial charge in [-0.3, -0.25) is 5.10 Å². The van der Waals surface area contributed by atoms with Gasteiger partial charge in [0.2, 0.25) is 0 Å². The predicted molar refractivity (Wildman–Crippen MR) is 45.8 cm³/mol. The Balaban J connectivity index is 2.60. The summed E-state index contributed by atoms with van der Waals surface area (Å²) in [5, 5.41) is 7.00. The number of aromatic nitrogens is 2. The molecule has 2 aromatic rings. The minimum absolute atomic E-state index is 0.874. The maximum atomic E-state index is 5.28. The summed E-state index contributed by atoms with van der Waals surface area (Å²) in [6.45, 7) is 3.94. The van der Waals surface area contributed by atoms with Crippen LogP contribution in [-0.4, -0.2) is 10.2 Å². The van der Waals surface area contributed by atoms with Gasteiger partial charge in [-0.05, 0) is 26.0 Å². The van der Waals surface area contributed by atoms with Gasteiger partial charge in [-0.2, -0.15) is 5.10 Å². The molecular weight excluding hydrogens is 152 g/mol. The molecule has 0 unspecified atom stereocenters. The highest BCUT2D eigenvalue weighted by atomic mass is 16.3. The van der Waals surface area contributed by atoms with E-state index in [1.54, 1.807) is 6.26 Å². The molecular formula is C9H10N2O. The molecule has 3 heteroatoms. The highest BCUT2D eigenvalue weighted by molar-refractivity contribution is 5.62. The summed E-state index contributed by atoms with van der Waals surface area (Å²) in [4.78, 5) is 0. The largest absolute Gasteiger partial charge is 0.464 e. The van der Waals surface area contributed by atoms with Crippen LogP contribution in [0.2, 0.25) is 0 Å². The normalized spacial score (nSPS) is 10.5. The van der Waals surface area contributed by atoms with Crippen LogP contribution < -0.4 is 0 Å². The van der Waals surface area contributed by atoms with Crippen molar-refractivity contribution in [2.45, 2.75) is 13.8 Å². The number of H-pyrrole nitrogens is 1. The second-order valence-electron chi connectivity index (χ2n) is 2.79. The molecule has 0 amide bonds. The quantitative estimate of drug-likeness (QED) is 0.699. The summed E-state index contributed by atoms with van der Waals surface area (Å²) in [5.74, 6) is 0.874. The fourth-order valence-corrected chi connectivity index (χ4v) is 1.33. The van der Waals surface area contributed by atoms with E-state index in [4.69, 9.17) is 4.42 Å². The van der Waals surface area contributed by atoms with Gasteiger partial charge in [-0.1, -0.05) is 0 Å². The molecule has 0 saturated heterocycles. The molecule has 0 atom stereocenters. The standard InChI is InChI=1S/C9H10N2O/c1-6-9(7(2)11-10-6)8-4-3-5-12-8/h3-5H,1-2H3,(H,10,11). The number of hydrogen-bond acceptors (Lipinski definition) is 2. The summed E-state index contributed by atoms with van der Waals surface area (Å²) in [6, 6.07) is 3.81. The summed E-state index contributed by atoms with van der Waals surface area (Å²) in [5.41, 5.74) is 3.09. The second kappa shape index (κ2) is 2.52. The topological polar surface area (TPSA) is 41.8 Å². The minimum Gasteiger partial charge on any atom is -0.464 e. The maximum Gasteiger partial charge on any atom is 0.137 e. The van der Waals surface area contributed by atoms with E-state index in [-0.39, 0.29) is 0 Å². The Morgan fingerprint density at radius 2 is 2.25 bits per heavy atom. The first-order valence-electron chi connectivity index (χ1n) is 3.84. The van der Waals surface area contributed by atoms with Gasteiger partial charge in [-0.15, -0.1) is 0 Å². The van der Waals surface area contributed by atoms with E-state index in [1.807, 2.05) is 26.0 Å². The van der Waals surface area contributed by atoms with Crippen molar-refractivity contribution in [1.29, 1.82) is 0 Å². The Bertz CT molecular complexity index is 354. The van der Waals surface area contributed by atoms with E-state index in [1.165, 1.54) is 0 Å². The third-order valence-electron chi connectivity index (χ3n) is 1.90. The molecule has 62 valence electrons. The highest BCUT2D eigenvalue weighted by Crippen LogP contribution is 2.24. The Morgan fingerprint density at radius 1 is 1.42 bits per heavy atom. The lowest BCUT2D eigenvalue weighted by molar-refractivity contribution is 0.581. The van der Waals surface area contributed by atoms with Gasteiger partial charge in [0.05, 0.1) is 17.5 Å². The fraction of sp³-hybridized carbons (Fsp3) is 0.222. The van der Waals surface area contributed by atoms with Gasteiger partial charge in [0.1, 0.15) is 5.76 Å². The van der Waals surface area contributed by atoms with Crippen LogP contribution in [0, 0.1) is 13.8 Å². The zero-order valence-corrected chi connectivity index (χ0v) is 7.09. The van der Waals surface area contributed by atoms with Crippen LogP contribution in [0.4, 0.5) is 0 Å². The van der Waals surface area contributed by atoms with Crippen LogP contribution in [-0.2, 0) is 0 Å². The van der Waals surface area contributed by atoms with Crippen LogP contribution in [0.15, 0.2) is 22.8 Å². The van der Waals surface area contributed by atoms with Gasteiger partial charge in [0.25, 0.3) is 0 Å². The Hall–Kier alpha value is -1.51. The van der Waals surface area contributed by atoms with Crippen molar-refractivity contribution in [3.63, 3.8) is 0 Å². The maximum absolute atomic E-state index is 5.28. The number of aryl methyl sites for hydroxylation is 2. The molecule has 0 bridgehead atoms. The van der Waals surface area contributed by atoms with Crippen molar-refractivity contribution in [2.24, 2.45) is 0 Å². The van der Waals surface area contributed by atoms with Crippen molar-refractivity contribution in [3.8, 4) is 11.3 Å². The molecule has 2 rings (SSSR count). The van der Waals surface area contributed by atoms with Crippen LogP contribution in [0.3, 0.4) is 0 Å². The minimum atomic E-state index is 0.874. The molecule has 2 heterocycles. The van der Waals surface area contributed by atoms with Crippen molar-refractivity contribution >= 4 is 0 Å². The van der Waals surface area contributed by atoms with Gasteiger partial charge in [0.15, 0.2) is 0 Å². The van der Waals surface area contributed by atoms with E-state index in [0.717, 1.165) is 22.7 Å². The average molecular weight is 162 g/mol. The first-order chi connectivity index (χ1) is 5.79. The Kier molecular flexibility index (Phi) is 1.50. The number of nitrogens with zero attached hydrogens (tertiary/aromatic N) is 1. The molecule has 0 saturated carbocycles. The van der Waals surface area contributed by atoms with Crippen molar-refractivity contribution in [1.82, 2.24) is 10.2 Å². The first kappa shape index (κ1) is 7.16. The third kappa shape index (κ3) is 0.942. The van der Waals surface area contributed by atoms with E-state index >= 15 is 0 Å². The number of nitrogens with one attached hydrogen (secondary N) is 1. The van der Waals surface area contributed by atoms with E-state index in [2.05, 4.69) is 10.2 Å². The van der Waals surface area contributed by atoms with Gasteiger partial charge in [0, 0.05) is 5.69 Å². The van der Waals surface area contributed by atoms with E-state index in [9.17, 15) is 0 Å². The molecule has 0 fully saturated rings. The first-order valence-corrected chi connectivity index (χ1v) is 3.84. The van der Waals surface area contributed by atoms with E-state index < -0.39 is 0 Å². The summed E-state index contributed by atoms with van der Waals surface area (Å²) in [6.07, 6.45) is 1.67. The van der Waals surface area contributed by atoms with Crippen LogP contribution in [0.5, 0.6) is 0 Å². The molecule has 2 aromatic heterocycles. The SMILES string of the molecule is Cc1n[nH]c(C)c1-c1ccco1. The second-order valence-corrected chi connectivity index (χ2v) is 2.79. The Morgan fingerprint density at radius 3 is 2.75 bits per heavy atom. The molecule has 0 aliphatic heterocycles. The lowest BCUT2D eigenvalue weighted by Gasteiger charge is -1.93. The molecule has 1 N–H and O–H groups in total. The monoisotopic (exact) mass is 162 g/mol. The summed E-state index contributed by atoms with van der Waals surface area (Å²) < 4.78 is 5.28. The number of aromatic amines is 1. The Labute approximate surface area is 70.4 Å². The van der Waals surface area contributed by atoms with Gasteiger partial charge < -0.3 is 4.42 Å². The highest BCUT2D eigenvalue weighted by Gasteiger charge is 2.10. The predicted octanol–water partition coefficient (Wildman–Crippen LogP) is 2.29. The van der Waals surface area contributed by atoms with Crippen molar-refractivity contribution < 1.29 is 4.42 Å². The number of furan rings is 1. The fourth-order valence-electron chi connectivity index (χ4n) is 1.33. The summed E-state index contributed by atoms with van der Waals surface area (Å²) >= 11 is 0. The third-order valence-corrected chi connectivity index (χ3v) is 1.90.